The molecule has 0 unspecified atom stereocenters. The summed E-state index contributed by atoms with van der Waals surface area (Å²) in [5.74, 6) is 0. The maximum Gasteiger partial charge on any atom is 0 e. The van der Waals surface area contributed by atoms with Gasteiger partial charge in [0.05, 0.1) is 0 Å². The molecule has 0 aromatic carbocycles. The maximum atomic E-state index is 7.46. The second-order valence-electron chi connectivity index (χ2n) is 0.224. The molecule has 1 N–H and O–H groups in total. The van der Waals surface area contributed by atoms with Crippen molar-refractivity contribution in [2.45, 2.75) is 0 Å². The van der Waals surface area contributed by atoms with E-state index in [0.717, 1.165) is 0 Å². The van der Waals surface area contributed by atoms with E-state index in [0.29, 0.717) is 0 Å². The third kappa shape index (κ3) is 17.1. The van der Waals surface area contributed by atoms with E-state index in [2.05, 4.69) is 6.92 Å². The van der Waals surface area contributed by atoms with Crippen molar-refractivity contribution in [2.24, 2.45) is 0 Å². The average Bonchev–Trinajstić information content (AvgIpc) is 0.918. The first-order valence-electron chi connectivity index (χ1n) is 0.816. The predicted octanol–water partition coefficient (Wildman–Crippen LogP) is -0.190. The molecule has 0 heterocycles. The Bertz CT molecular complexity index is 6.00. The van der Waals surface area contributed by atoms with Crippen molar-refractivity contribution in [1.29, 1.82) is 0 Å². The van der Waals surface area contributed by atoms with Crippen molar-refractivity contribution in [3.05, 3.63) is 6.92 Å². The summed E-state index contributed by atoms with van der Waals surface area (Å²) in [6, 6.07) is 0. The number of hydrogen-bond acceptors (Lipinski definition) is 1. The molecule has 30 valence electrons. The SMILES string of the molecule is [CH2-]CO.[Pt]. The molecule has 0 aliphatic carbocycles. The Kier molecular flexibility index (Phi) is 20.8. The van der Waals surface area contributed by atoms with Crippen LogP contribution in [0.5, 0.6) is 0 Å². The molecule has 0 aromatic heterocycles. The molecule has 0 saturated carbocycles. The largest absolute Gasteiger partial charge is 0.428 e. The standard InChI is InChI=1S/C2H5O.Pt/c1-2-3;/h3H,1-2H2;/q-1;. The molecule has 0 aliphatic rings. The average molecular weight is 240 g/mol. The molecule has 1 nitrogen and oxygen atoms in total. The minimum atomic E-state index is 0. The molecule has 0 radical (unpaired) electrons. The van der Waals surface area contributed by atoms with Crippen molar-refractivity contribution >= 4 is 0 Å². The summed E-state index contributed by atoms with van der Waals surface area (Å²) in [4.78, 5) is 0. The van der Waals surface area contributed by atoms with Crippen LogP contribution in [0.25, 0.3) is 0 Å². The molecule has 0 bridgehead atoms. The fourth-order valence-electron chi connectivity index (χ4n) is 0. The van der Waals surface area contributed by atoms with E-state index >= 15 is 0 Å². The Morgan fingerprint density at radius 1 is 1.75 bits per heavy atom. The summed E-state index contributed by atoms with van der Waals surface area (Å²) in [5.41, 5.74) is 0. The van der Waals surface area contributed by atoms with Crippen LogP contribution < -0.4 is 0 Å². The van der Waals surface area contributed by atoms with Gasteiger partial charge in [-0.2, -0.15) is 0 Å². The van der Waals surface area contributed by atoms with Crippen LogP contribution in [0.1, 0.15) is 0 Å². The topological polar surface area (TPSA) is 20.2 Å². The number of hydrogen-bond donors (Lipinski definition) is 1. The summed E-state index contributed by atoms with van der Waals surface area (Å²) in [5, 5.41) is 7.46. The molecule has 0 aliphatic heterocycles. The normalized spacial score (nSPS) is 4.50. The van der Waals surface area contributed by atoms with Crippen LogP contribution in [0.4, 0.5) is 0 Å². The van der Waals surface area contributed by atoms with Crippen molar-refractivity contribution in [3.63, 3.8) is 0 Å². The van der Waals surface area contributed by atoms with Gasteiger partial charge in [0.2, 0.25) is 0 Å². The van der Waals surface area contributed by atoms with Crippen LogP contribution in [0.2, 0.25) is 0 Å². The molecular formula is C2H5OPt-. The summed E-state index contributed by atoms with van der Waals surface area (Å²) in [6.45, 7) is 3.04. The maximum absolute atomic E-state index is 7.46. The monoisotopic (exact) mass is 240 g/mol. The Morgan fingerprint density at radius 2 is 1.75 bits per heavy atom. The molecule has 0 fully saturated rings. The van der Waals surface area contributed by atoms with Gasteiger partial charge < -0.3 is 12.0 Å². The van der Waals surface area contributed by atoms with Crippen molar-refractivity contribution in [1.82, 2.24) is 0 Å². The second kappa shape index (κ2) is 9.42. The van der Waals surface area contributed by atoms with Crippen molar-refractivity contribution in [3.8, 4) is 0 Å². The number of aliphatic hydroxyl groups is 1. The first-order valence-corrected chi connectivity index (χ1v) is 0.816. The van der Waals surface area contributed by atoms with Crippen molar-refractivity contribution < 1.29 is 26.2 Å². The smallest absolute Gasteiger partial charge is 0 e. The third-order valence-corrected chi connectivity index (χ3v) is 0. The van der Waals surface area contributed by atoms with E-state index < -0.39 is 0 Å². The summed E-state index contributed by atoms with van der Waals surface area (Å²) < 4.78 is 0. The fourth-order valence-corrected chi connectivity index (χ4v) is 0. The molecule has 0 aromatic rings. The van der Waals surface area contributed by atoms with E-state index in [1.165, 1.54) is 0 Å². The summed E-state index contributed by atoms with van der Waals surface area (Å²) in [6.07, 6.45) is 0. The first kappa shape index (κ1) is 8.82. The predicted molar refractivity (Wildman–Crippen MR) is 12.4 cm³/mol. The van der Waals surface area contributed by atoms with Gasteiger partial charge in [-0.15, -0.1) is 0 Å². The van der Waals surface area contributed by atoms with Gasteiger partial charge in [-0.25, -0.2) is 0 Å². The van der Waals surface area contributed by atoms with Crippen LogP contribution in [0, 0.1) is 6.92 Å². The second-order valence-corrected chi connectivity index (χ2v) is 0.224. The zero-order valence-corrected chi connectivity index (χ0v) is 4.45. The zero-order valence-electron chi connectivity index (χ0n) is 2.18. The molecule has 0 atom stereocenters. The summed E-state index contributed by atoms with van der Waals surface area (Å²) >= 11 is 0. The van der Waals surface area contributed by atoms with E-state index in [-0.39, 0.29) is 27.7 Å². The Morgan fingerprint density at radius 3 is 1.75 bits per heavy atom. The van der Waals surface area contributed by atoms with E-state index in [1.54, 1.807) is 0 Å². The van der Waals surface area contributed by atoms with Gasteiger partial charge in [0.25, 0.3) is 0 Å². The van der Waals surface area contributed by atoms with E-state index in [1.807, 2.05) is 0 Å². The molecule has 0 spiro atoms. The number of aliphatic hydroxyl groups excluding tert-OH is 1. The number of rotatable bonds is 0. The van der Waals surface area contributed by atoms with Gasteiger partial charge in [-0.1, -0.05) is 6.61 Å². The minimum absolute atomic E-state index is 0. The summed E-state index contributed by atoms with van der Waals surface area (Å²) in [7, 11) is 0. The van der Waals surface area contributed by atoms with E-state index in [4.69, 9.17) is 5.11 Å². The molecule has 4 heavy (non-hydrogen) atoms. The third-order valence-electron chi connectivity index (χ3n) is 0. The first-order chi connectivity index (χ1) is 1.41. The Balaban J connectivity index is 0. The molecule has 2 heteroatoms. The molecule has 0 rings (SSSR count). The van der Waals surface area contributed by atoms with E-state index in [9.17, 15) is 0 Å². The van der Waals surface area contributed by atoms with Gasteiger partial charge in [-0.05, 0) is 0 Å². The quantitative estimate of drug-likeness (QED) is 0.582. The van der Waals surface area contributed by atoms with Crippen LogP contribution in [0.15, 0.2) is 0 Å². The molecule has 0 amide bonds. The minimum Gasteiger partial charge on any atom is -0.428 e. The fraction of sp³-hybridized carbons (Fsp3) is 0.500. The Labute approximate surface area is 40.3 Å². The molecular weight excluding hydrogens is 235 g/mol. The van der Waals surface area contributed by atoms with Gasteiger partial charge in [0.15, 0.2) is 0 Å². The van der Waals surface area contributed by atoms with Gasteiger partial charge >= 0.3 is 0 Å². The van der Waals surface area contributed by atoms with Crippen LogP contribution in [-0.4, -0.2) is 11.7 Å². The van der Waals surface area contributed by atoms with Crippen molar-refractivity contribution in [2.75, 3.05) is 6.61 Å². The van der Waals surface area contributed by atoms with Gasteiger partial charge in [-0.3, -0.25) is 0 Å². The Hall–Kier alpha value is 0.648. The van der Waals surface area contributed by atoms with Crippen LogP contribution in [0.3, 0.4) is 0 Å². The van der Waals surface area contributed by atoms with Gasteiger partial charge in [0, 0.05) is 21.1 Å². The van der Waals surface area contributed by atoms with Crippen LogP contribution in [-0.2, 0) is 21.1 Å². The zero-order chi connectivity index (χ0) is 2.71. The molecule has 0 saturated heterocycles. The van der Waals surface area contributed by atoms with Crippen LogP contribution >= 0.6 is 0 Å². The van der Waals surface area contributed by atoms with Gasteiger partial charge in [0.1, 0.15) is 0 Å².